The van der Waals surface area contributed by atoms with Gasteiger partial charge in [-0.3, -0.25) is 19.5 Å². The molecule has 212 valence electrons. The second-order valence-corrected chi connectivity index (χ2v) is 11.2. The molecule has 0 aliphatic carbocycles. The minimum atomic E-state index is -4.04. The average Bonchev–Trinajstić information content (AvgIpc) is 3.41. The van der Waals surface area contributed by atoms with Gasteiger partial charge in [-0.15, -0.1) is 0 Å². The van der Waals surface area contributed by atoms with Gasteiger partial charge in [0.05, 0.1) is 32.2 Å². The number of hydrogen-bond donors (Lipinski definition) is 5. The van der Waals surface area contributed by atoms with E-state index in [2.05, 4.69) is 25.0 Å². The van der Waals surface area contributed by atoms with E-state index in [4.69, 9.17) is 16.8 Å². The van der Waals surface area contributed by atoms with Crippen LogP contribution < -0.4 is 15.5 Å². The Morgan fingerprint density at radius 1 is 0.976 bits per heavy atom. The van der Waals surface area contributed by atoms with Crippen LogP contribution in [0.3, 0.4) is 0 Å². The Hall–Kier alpha value is -5.04. The van der Waals surface area contributed by atoms with E-state index >= 15 is 0 Å². The Balaban J connectivity index is 1.32. The number of amides is 2. The lowest BCUT2D eigenvalue weighted by Gasteiger charge is -2.12. The van der Waals surface area contributed by atoms with Gasteiger partial charge in [0.2, 0.25) is 0 Å². The van der Waals surface area contributed by atoms with E-state index in [-0.39, 0.29) is 16.3 Å². The molecular weight excluding hydrogens is 580 g/mol. The molecule has 0 radical (unpaired) electrons. The molecular formula is C29H23ClN6O5S. The molecule has 0 bridgehead atoms. The lowest BCUT2D eigenvalue weighted by molar-refractivity contribution is -0.124. The zero-order valence-corrected chi connectivity index (χ0v) is 23.5. The molecule has 2 aromatic heterocycles. The van der Waals surface area contributed by atoms with Crippen molar-refractivity contribution in [2.75, 3.05) is 10.0 Å². The average molecular weight is 603 g/mol. The second kappa shape index (κ2) is 11.8. The third-order valence-corrected chi connectivity index (χ3v) is 7.83. The molecule has 0 atom stereocenters. The highest BCUT2D eigenvalue weighted by Gasteiger charge is 2.18. The van der Waals surface area contributed by atoms with E-state index in [0.717, 1.165) is 17.1 Å². The topological polar surface area (TPSA) is 166 Å². The number of nitrogens with zero attached hydrogens (tertiary/aromatic N) is 2. The van der Waals surface area contributed by atoms with Gasteiger partial charge in [0.15, 0.2) is 0 Å². The molecule has 0 unspecified atom stereocenters. The van der Waals surface area contributed by atoms with Crippen LogP contribution in [0.1, 0.15) is 21.6 Å². The quantitative estimate of drug-likeness (QED) is 0.0929. The van der Waals surface area contributed by atoms with Crippen LogP contribution in [0, 0.1) is 6.92 Å². The van der Waals surface area contributed by atoms with Crippen molar-refractivity contribution in [2.24, 2.45) is 0 Å². The maximum Gasteiger partial charge on any atom is 0.267 e. The maximum absolute atomic E-state index is 13.1. The van der Waals surface area contributed by atoms with E-state index in [0.29, 0.717) is 33.4 Å². The highest BCUT2D eigenvalue weighted by molar-refractivity contribution is 7.92. The monoisotopic (exact) mass is 602 g/mol. The lowest BCUT2D eigenvalue weighted by atomic mass is 10.1. The van der Waals surface area contributed by atoms with Crippen molar-refractivity contribution in [3.05, 3.63) is 107 Å². The van der Waals surface area contributed by atoms with Gasteiger partial charge in [0.1, 0.15) is 11.6 Å². The molecule has 0 saturated carbocycles. The number of imidazole rings is 1. The molecule has 13 heteroatoms. The van der Waals surface area contributed by atoms with Crippen LogP contribution in [-0.2, 0) is 14.8 Å². The van der Waals surface area contributed by atoms with Crippen molar-refractivity contribution in [1.29, 1.82) is 0 Å². The number of aromatic nitrogens is 3. The number of pyridine rings is 1. The van der Waals surface area contributed by atoms with Gasteiger partial charge < -0.3 is 10.3 Å². The number of halogens is 1. The van der Waals surface area contributed by atoms with E-state index in [1.807, 2.05) is 24.3 Å². The standard InChI is InChI=1S/C29H23ClN6O5S/c1-17-21(11-13-26(31-17)36-42(40,41)20-6-4-5-18(15-20)9-14-27(37)35-39)29(38)32-19-10-12-23(30)22(16-19)28-33-24-7-2-3-8-25(24)34-28/h2-16,39H,1H3,(H,31,36)(H,32,38)(H,33,34)(H,35,37)/b14-9+. The normalized spacial score (nSPS) is 11.5. The summed E-state index contributed by atoms with van der Waals surface area (Å²) < 4.78 is 28.3. The van der Waals surface area contributed by atoms with Crippen LogP contribution in [0.15, 0.2) is 89.8 Å². The van der Waals surface area contributed by atoms with E-state index in [1.54, 1.807) is 31.2 Å². The Bertz CT molecular complexity index is 1940. The summed E-state index contributed by atoms with van der Waals surface area (Å²) in [6.07, 6.45) is 2.40. The number of H-pyrrole nitrogens is 1. The SMILES string of the molecule is Cc1nc(NS(=O)(=O)c2cccc(/C=C/C(=O)NO)c2)ccc1C(=O)Nc1ccc(Cl)c(-c2nc3ccccc3[nH]2)c1. The summed E-state index contributed by atoms with van der Waals surface area (Å²) in [5, 5.41) is 11.9. The summed E-state index contributed by atoms with van der Waals surface area (Å²) in [4.78, 5) is 36.3. The van der Waals surface area contributed by atoms with Crippen molar-refractivity contribution in [2.45, 2.75) is 11.8 Å². The van der Waals surface area contributed by atoms with Crippen molar-refractivity contribution in [3.63, 3.8) is 0 Å². The van der Waals surface area contributed by atoms with Crippen molar-refractivity contribution < 1.29 is 23.2 Å². The molecule has 42 heavy (non-hydrogen) atoms. The number of benzene rings is 3. The van der Waals surface area contributed by atoms with Crippen LogP contribution in [0.2, 0.25) is 5.02 Å². The number of rotatable bonds is 8. The number of fused-ring (bicyclic) bond motifs is 1. The first-order valence-corrected chi connectivity index (χ1v) is 14.3. The molecule has 5 aromatic rings. The summed E-state index contributed by atoms with van der Waals surface area (Å²) >= 11 is 6.43. The maximum atomic E-state index is 13.1. The third kappa shape index (κ3) is 6.31. The molecule has 0 spiro atoms. The smallest absolute Gasteiger partial charge is 0.267 e. The molecule has 2 amide bonds. The summed E-state index contributed by atoms with van der Waals surface area (Å²) in [6.45, 7) is 1.59. The van der Waals surface area contributed by atoms with Gasteiger partial charge in [0.25, 0.3) is 21.8 Å². The summed E-state index contributed by atoms with van der Waals surface area (Å²) in [5.41, 5.74) is 5.15. The molecule has 0 saturated heterocycles. The predicted octanol–water partition coefficient (Wildman–Crippen LogP) is 5.16. The molecule has 5 rings (SSSR count). The first-order chi connectivity index (χ1) is 20.1. The molecule has 5 N–H and O–H groups in total. The first-order valence-electron chi connectivity index (χ1n) is 12.4. The Morgan fingerprint density at radius 3 is 2.55 bits per heavy atom. The minimum absolute atomic E-state index is 0.0170. The zero-order valence-electron chi connectivity index (χ0n) is 21.9. The third-order valence-electron chi connectivity index (χ3n) is 6.14. The fraction of sp³-hybridized carbons (Fsp3) is 0.0345. The van der Waals surface area contributed by atoms with Gasteiger partial charge in [-0.05, 0) is 73.2 Å². The number of carbonyl (C=O) groups is 2. The van der Waals surface area contributed by atoms with Gasteiger partial charge >= 0.3 is 0 Å². The molecule has 0 fully saturated rings. The summed E-state index contributed by atoms with van der Waals surface area (Å²) in [7, 11) is -4.04. The van der Waals surface area contributed by atoms with Crippen LogP contribution in [-0.4, -0.2) is 40.4 Å². The van der Waals surface area contributed by atoms with Crippen molar-refractivity contribution in [3.8, 4) is 11.4 Å². The zero-order chi connectivity index (χ0) is 29.9. The van der Waals surface area contributed by atoms with Crippen LogP contribution >= 0.6 is 11.6 Å². The Kier molecular flexibility index (Phi) is 8.02. The number of sulfonamides is 1. The Labute approximate surface area is 245 Å². The largest absolute Gasteiger partial charge is 0.338 e. The Morgan fingerprint density at radius 2 is 1.79 bits per heavy atom. The van der Waals surface area contributed by atoms with Crippen molar-refractivity contribution >= 4 is 62.1 Å². The lowest BCUT2D eigenvalue weighted by Crippen LogP contribution is -2.17. The van der Waals surface area contributed by atoms with Gasteiger partial charge in [-0.2, -0.15) is 0 Å². The number of hydrogen-bond acceptors (Lipinski definition) is 7. The predicted molar refractivity (Wildman–Crippen MR) is 160 cm³/mol. The van der Waals surface area contributed by atoms with E-state index in [1.165, 1.54) is 41.9 Å². The fourth-order valence-corrected chi connectivity index (χ4v) is 5.38. The fourth-order valence-electron chi connectivity index (χ4n) is 4.11. The number of anilines is 2. The van der Waals surface area contributed by atoms with Gasteiger partial charge in [-0.25, -0.2) is 23.9 Å². The highest BCUT2D eigenvalue weighted by atomic mass is 35.5. The minimum Gasteiger partial charge on any atom is -0.338 e. The number of para-hydroxylation sites is 2. The number of hydroxylamine groups is 1. The number of nitrogens with one attached hydrogen (secondary N) is 4. The molecule has 0 aliphatic rings. The van der Waals surface area contributed by atoms with Crippen LogP contribution in [0.25, 0.3) is 28.5 Å². The summed E-state index contributed by atoms with van der Waals surface area (Å²) in [5.74, 6) is -0.626. The number of aromatic amines is 1. The molecule has 3 aromatic carbocycles. The second-order valence-electron chi connectivity index (χ2n) is 9.07. The number of carbonyl (C=O) groups excluding carboxylic acids is 2. The van der Waals surface area contributed by atoms with Gasteiger partial charge in [0, 0.05) is 17.3 Å². The number of aryl methyl sites for hydroxylation is 1. The highest BCUT2D eigenvalue weighted by Crippen LogP contribution is 2.30. The molecule has 2 heterocycles. The summed E-state index contributed by atoms with van der Waals surface area (Å²) in [6, 6.07) is 21.3. The van der Waals surface area contributed by atoms with Crippen LogP contribution in [0.5, 0.6) is 0 Å². The van der Waals surface area contributed by atoms with Crippen molar-refractivity contribution in [1.82, 2.24) is 20.4 Å². The molecule has 11 nitrogen and oxygen atoms in total. The van der Waals surface area contributed by atoms with Gasteiger partial charge in [-0.1, -0.05) is 35.9 Å². The van der Waals surface area contributed by atoms with Crippen LogP contribution in [0.4, 0.5) is 11.5 Å². The molecule has 0 aliphatic heterocycles. The van der Waals surface area contributed by atoms with E-state index in [9.17, 15) is 18.0 Å². The van der Waals surface area contributed by atoms with E-state index < -0.39 is 21.8 Å². The first kappa shape index (κ1) is 28.5.